The van der Waals surface area contributed by atoms with Crippen LogP contribution in [-0.4, -0.2) is 15.9 Å². The van der Waals surface area contributed by atoms with E-state index in [1.54, 1.807) is 23.6 Å². The fourth-order valence-electron chi connectivity index (χ4n) is 2.57. The highest BCUT2D eigenvalue weighted by molar-refractivity contribution is 7.18. The number of carbonyl (C=O) groups excluding carboxylic acids is 1. The SMILES string of the molecule is O=C(Nc1ccc(Cc2nc3ccccc3s2)cc1)c1cc(Cl)c[nH]1. The Hall–Kier alpha value is -2.63. The molecule has 2 N–H and O–H groups in total. The van der Waals surface area contributed by atoms with Crippen LogP contribution in [0.4, 0.5) is 5.69 Å². The molecule has 0 saturated carbocycles. The number of para-hydroxylation sites is 1. The van der Waals surface area contributed by atoms with Crippen molar-refractivity contribution < 1.29 is 4.79 Å². The average molecular weight is 368 g/mol. The number of nitrogens with zero attached hydrogens (tertiary/aromatic N) is 1. The second-order valence-electron chi connectivity index (χ2n) is 5.63. The molecule has 0 atom stereocenters. The first-order valence-electron chi connectivity index (χ1n) is 7.76. The van der Waals surface area contributed by atoms with Crippen LogP contribution in [-0.2, 0) is 6.42 Å². The maximum absolute atomic E-state index is 12.1. The molecule has 1 amide bonds. The van der Waals surface area contributed by atoms with Gasteiger partial charge in [-0.1, -0.05) is 35.9 Å². The van der Waals surface area contributed by atoms with Crippen LogP contribution in [0.1, 0.15) is 21.1 Å². The van der Waals surface area contributed by atoms with E-state index in [1.807, 2.05) is 42.5 Å². The Bertz CT molecular complexity index is 1000. The number of anilines is 1. The summed E-state index contributed by atoms with van der Waals surface area (Å²) < 4.78 is 1.20. The Balaban J connectivity index is 1.45. The van der Waals surface area contributed by atoms with Crippen LogP contribution in [0.3, 0.4) is 0 Å². The van der Waals surface area contributed by atoms with Crippen LogP contribution >= 0.6 is 22.9 Å². The third kappa shape index (κ3) is 3.57. The lowest BCUT2D eigenvalue weighted by Crippen LogP contribution is -2.12. The summed E-state index contributed by atoms with van der Waals surface area (Å²) in [4.78, 5) is 19.6. The molecule has 0 saturated heterocycles. The molecule has 0 radical (unpaired) electrons. The van der Waals surface area contributed by atoms with Gasteiger partial charge in [0.25, 0.3) is 5.91 Å². The van der Waals surface area contributed by atoms with Gasteiger partial charge in [-0.15, -0.1) is 11.3 Å². The fourth-order valence-corrected chi connectivity index (χ4v) is 3.74. The highest BCUT2D eigenvalue weighted by Gasteiger charge is 2.09. The molecule has 4 rings (SSSR count). The van der Waals surface area contributed by atoms with Gasteiger partial charge in [0.05, 0.1) is 20.2 Å². The van der Waals surface area contributed by atoms with Crippen LogP contribution in [0, 0.1) is 0 Å². The number of rotatable bonds is 4. The zero-order valence-corrected chi connectivity index (χ0v) is 14.7. The number of hydrogen-bond acceptors (Lipinski definition) is 3. The van der Waals surface area contributed by atoms with Crippen molar-refractivity contribution in [2.24, 2.45) is 0 Å². The van der Waals surface area contributed by atoms with Crippen molar-refractivity contribution in [1.82, 2.24) is 9.97 Å². The van der Waals surface area contributed by atoms with Gasteiger partial charge in [-0.3, -0.25) is 4.79 Å². The lowest BCUT2D eigenvalue weighted by atomic mass is 10.1. The van der Waals surface area contributed by atoms with E-state index in [0.717, 1.165) is 28.2 Å². The van der Waals surface area contributed by atoms with E-state index in [9.17, 15) is 4.79 Å². The predicted octanol–water partition coefficient (Wildman–Crippen LogP) is 5.12. The van der Waals surface area contributed by atoms with Gasteiger partial charge in [-0.05, 0) is 35.9 Å². The first kappa shape index (κ1) is 15.9. The van der Waals surface area contributed by atoms with Crippen molar-refractivity contribution >= 4 is 44.7 Å². The van der Waals surface area contributed by atoms with Crippen molar-refractivity contribution in [3.63, 3.8) is 0 Å². The van der Waals surface area contributed by atoms with Crippen LogP contribution in [0.25, 0.3) is 10.2 Å². The van der Waals surface area contributed by atoms with Gasteiger partial charge < -0.3 is 10.3 Å². The van der Waals surface area contributed by atoms with Crippen molar-refractivity contribution in [2.45, 2.75) is 6.42 Å². The number of carbonyl (C=O) groups is 1. The smallest absolute Gasteiger partial charge is 0.272 e. The van der Waals surface area contributed by atoms with Crippen molar-refractivity contribution in [3.05, 3.63) is 82.1 Å². The van der Waals surface area contributed by atoms with E-state index in [4.69, 9.17) is 11.6 Å². The Morgan fingerprint density at radius 3 is 2.68 bits per heavy atom. The average Bonchev–Trinajstić information content (AvgIpc) is 3.22. The van der Waals surface area contributed by atoms with E-state index in [-0.39, 0.29) is 5.91 Å². The highest BCUT2D eigenvalue weighted by Crippen LogP contribution is 2.24. The molecule has 2 aromatic carbocycles. The third-order valence-corrected chi connectivity index (χ3v) is 5.05. The van der Waals surface area contributed by atoms with E-state index >= 15 is 0 Å². The van der Waals surface area contributed by atoms with Gasteiger partial charge >= 0.3 is 0 Å². The zero-order valence-electron chi connectivity index (χ0n) is 13.1. The van der Waals surface area contributed by atoms with Crippen LogP contribution in [0.5, 0.6) is 0 Å². The molecule has 0 aliphatic rings. The Kier molecular flexibility index (Phi) is 4.26. The number of H-pyrrole nitrogens is 1. The fraction of sp³-hybridized carbons (Fsp3) is 0.0526. The summed E-state index contributed by atoms with van der Waals surface area (Å²) in [5.74, 6) is -0.217. The quantitative estimate of drug-likeness (QED) is 0.526. The van der Waals surface area contributed by atoms with E-state index in [1.165, 1.54) is 4.70 Å². The molecule has 0 bridgehead atoms. The maximum Gasteiger partial charge on any atom is 0.272 e. The number of aromatic amines is 1. The number of halogens is 1. The van der Waals surface area contributed by atoms with Gasteiger partial charge in [0, 0.05) is 18.3 Å². The number of thiazole rings is 1. The van der Waals surface area contributed by atoms with Crippen LogP contribution in [0.15, 0.2) is 60.8 Å². The molecule has 0 aliphatic carbocycles. The van der Waals surface area contributed by atoms with Crippen LogP contribution in [0.2, 0.25) is 5.02 Å². The Labute approximate surface area is 153 Å². The lowest BCUT2D eigenvalue weighted by molar-refractivity contribution is 0.102. The highest BCUT2D eigenvalue weighted by atomic mass is 35.5. The van der Waals surface area contributed by atoms with E-state index < -0.39 is 0 Å². The first-order valence-corrected chi connectivity index (χ1v) is 8.95. The summed E-state index contributed by atoms with van der Waals surface area (Å²) in [6.07, 6.45) is 2.36. The first-order chi connectivity index (χ1) is 12.2. The lowest BCUT2D eigenvalue weighted by Gasteiger charge is -2.05. The maximum atomic E-state index is 12.1. The largest absolute Gasteiger partial charge is 0.356 e. The topological polar surface area (TPSA) is 57.8 Å². The van der Waals surface area contributed by atoms with E-state index in [0.29, 0.717) is 10.7 Å². The summed E-state index contributed by atoms with van der Waals surface area (Å²) in [7, 11) is 0. The number of hydrogen-bond donors (Lipinski definition) is 2. The van der Waals surface area contributed by atoms with Crippen molar-refractivity contribution in [1.29, 1.82) is 0 Å². The summed E-state index contributed by atoms with van der Waals surface area (Å²) in [5.41, 5.74) is 3.36. The van der Waals surface area contributed by atoms with Gasteiger partial charge in [0.15, 0.2) is 0 Å². The Morgan fingerprint density at radius 1 is 1.16 bits per heavy atom. The molecule has 4 nitrogen and oxygen atoms in total. The second-order valence-corrected chi connectivity index (χ2v) is 7.19. The number of aromatic nitrogens is 2. The van der Waals surface area contributed by atoms with Crippen LogP contribution < -0.4 is 5.32 Å². The molecule has 4 aromatic rings. The summed E-state index contributed by atoms with van der Waals surface area (Å²) in [5, 5.41) is 4.44. The zero-order chi connectivity index (χ0) is 17.2. The normalized spacial score (nSPS) is 10.9. The van der Waals surface area contributed by atoms with Gasteiger partial charge in [0.1, 0.15) is 5.69 Å². The van der Waals surface area contributed by atoms with E-state index in [2.05, 4.69) is 21.4 Å². The molecule has 2 aromatic heterocycles. The monoisotopic (exact) mass is 367 g/mol. The molecule has 0 fully saturated rings. The minimum absolute atomic E-state index is 0.217. The second kappa shape index (κ2) is 6.70. The molecular formula is C19H14ClN3OS. The number of nitrogens with one attached hydrogen (secondary N) is 2. The van der Waals surface area contributed by atoms with Gasteiger partial charge in [0.2, 0.25) is 0 Å². The Morgan fingerprint density at radius 2 is 1.96 bits per heavy atom. The van der Waals surface area contributed by atoms with Gasteiger partial charge in [-0.2, -0.15) is 0 Å². The molecule has 6 heteroatoms. The molecule has 0 spiro atoms. The molecule has 2 heterocycles. The minimum Gasteiger partial charge on any atom is -0.356 e. The molecular weight excluding hydrogens is 354 g/mol. The standard InChI is InChI=1S/C19H14ClN3OS/c20-13-10-16(21-11-13)19(24)22-14-7-5-12(6-8-14)9-18-23-15-3-1-2-4-17(15)25-18/h1-8,10-11,21H,9H2,(H,22,24). The molecule has 0 unspecified atom stereocenters. The summed E-state index contributed by atoms with van der Waals surface area (Å²) >= 11 is 7.53. The number of fused-ring (bicyclic) bond motifs is 1. The third-order valence-electron chi connectivity index (χ3n) is 3.80. The molecule has 124 valence electrons. The van der Waals surface area contributed by atoms with Crippen molar-refractivity contribution in [3.8, 4) is 0 Å². The number of amides is 1. The van der Waals surface area contributed by atoms with Crippen molar-refractivity contribution in [2.75, 3.05) is 5.32 Å². The minimum atomic E-state index is -0.217. The molecule has 25 heavy (non-hydrogen) atoms. The predicted molar refractivity (Wildman–Crippen MR) is 103 cm³/mol. The summed E-state index contributed by atoms with van der Waals surface area (Å²) in [6.45, 7) is 0. The molecule has 0 aliphatic heterocycles. The number of benzene rings is 2. The summed E-state index contributed by atoms with van der Waals surface area (Å²) in [6, 6.07) is 17.5. The van der Waals surface area contributed by atoms with Gasteiger partial charge in [-0.25, -0.2) is 4.98 Å².